The number of amides is 1. The van der Waals surface area contributed by atoms with Crippen LogP contribution in [0.1, 0.15) is 57.4 Å². The SMILES string of the molecule is CNC(=O)O[C@H]1CC[C@@H](c2nc(-c3ccc4cnn(C(C)C)c4c3)no2)CC1. The molecule has 1 aliphatic rings. The summed E-state index contributed by atoms with van der Waals surface area (Å²) in [5.74, 6) is 1.46. The molecule has 1 aromatic carbocycles. The molecule has 0 saturated heterocycles. The number of hydrogen-bond donors (Lipinski definition) is 1. The third kappa shape index (κ3) is 3.58. The fourth-order valence-corrected chi connectivity index (χ4v) is 3.74. The van der Waals surface area contributed by atoms with Gasteiger partial charge >= 0.3 is 6.09 Å². The van der Waals surface area contributed by atoms with Gasteiger partial charge in [0.25, 0.3) is 0 Å². The van der Waals surface area contributed by atoms with Gasteiger partial charge in [-0.15, -0.1) is 0 Å². The van der Waals surface area contributed by atoms with E-state index in [0.29, 0.717) is 11.7 Å². The Labute approximate surface area is 163 Å². The van der Waals surface area contributed by atoms with Gasteiger partial charge in [-0.25, -0.2) is 4.79 Å². The topological polar surface area (TPSA) is 95.1 Å². The van der Waals surface area contributed by atoms with E-state index in [0.717, 1.165) is 42.1 Å². The van der Waals surface area contributed by atoms with Crippen molar-refractivity contribution in [1.82, 2.24) is 25.2 Å². The van der Waals surface area contributed by atoms with Crippen molar-refractivity contribution in [2.75, 3.05) is 7.05 Å². The lowest BCUT2D eigenvalue weighted by Crippen LogP contribution is -2.28. The lowest BCUT2D eigenvalue weighted by molar-refractivity contribution is 0.0704. The van der Waals surface area contributed by atoms with Crippen molar-refractivity contribution in [2.45, 2.75) is 57.6 Å². The number of alkyl carbamates (subject to hydrolysis) is 1. The highest BCUT2D eigenvalue weighted by Crippen LogP contribution is 2.34. The smallest absolute Gasteiger partial charge is 0.407 e. The van der Waals surface area contributed by atoms with E-state index < -0.39 is 0 Å². The fraction of sp³-hybridized carbons (Fsp3) is 0.500. The van der Waals surface area contributed by atoms with Crippen LogP contribution < -0.4 is 5.32 Å². The molecule has 0 radical (unpaired) electrons. The Balaban J connectivity index is 1.48. The molecule has 148 valence electrons. The molecule has 28 heavy (non-hydrogen) atoms. The minimum absolute atomic E-state index is 0.0441. The molecule has 1 aliphatic carbocycles. The largest absolute Gasteiger partial charge is 0.446 e. The Morgan fingerprint density at radius 1 is 1.29 bits per heavy atom. The maximum atomic E-state index is 11.4. The predicted octanol–water partition coefficient (Wildman–Crippen LogP) is 4.05. The van der Waals surface area contributed by atoms with Gasteiger partial charge in [-0.1, -0.05) is 17.3 Å². The van der Waals surface area contributed by atoms with E-state index >= 15 is 0 Å². The third-order valence-electron chi connectivity index (χ3n) is 5.29. The summed E-state index contributed by atoms with van der Waals surface area (Å²) in [6.45, 7) is 4.21. The van der Waals surface area contributed by atoms with Gasteiger partial charge in [0.1, 0.15) is 6.10 Å². The van der Waals surface area contributed by atoms with Crippen molar-refractivity contribution in [3.63, 3.8) is 0 Å². The normalized spacial score (nSPS) is 19.9. The Morgan fingerprint density at radius 3 is 2.79 bits per heavy atom. The number of nitrogens with one attached hydrogen (secondary N) is 1. The summed E-state index contributed by atoms with van der Waals surface area (Å²) in [5, 5.41) is 12.2. The van der Waals surface area contributed by atoms with E-state index in [4.69, 9.17) is 9.26 Å². The minimum Gasteiger partial charge on any atom is -0.446 e. The second-order valence-corrected chi connectivity index (χ2v) is 7.54. The van der Waals surface area contributed by atoms with Crippen LogP contribution in [-0.4, -0.2) is 39.2 Å². The summed E-state index contributed by atoms with van der Waals surface area (Å²) >= 11 is 0. The molecule has 0 spiro atoms. The molecule has 1 fully saturated rings. The van der Waals surface area contributed by atoms with Gasteiger partial charge in [0.2, 0.25) is 11.7 Å². The standard InChI is InChI=1S/C20H25N5O3/c1-12(2)25-17-10-14(4-5-15(17)11-22-25)18-23-19(28-24-18)13-6-8-16(9-7-13)27-20(26)21-3/h4-5,10-13,16H,6-9H2,1-3H3,(H,21,26)/t13-,16+. The van der Waals surface area contributed by atoms with Gasteiger partial charge in [0.15, 0.2) is 0 Å². The quantitative estimate of drug-likeness (QED) is 0.730. The molecule has 2 aromatic heterocycles. The predicted molar refractivity (Wildman–Crippen MR) is 104 cm³/mol. The molecule has 0 unspecified atom stereocenters. The zero-order chi connectivity index (χ0) is 19.7. The van der Waals surface area contributed by atoms with Crippen LogP contribution in [0.15, 0.2) is 28.9 Å². The first-order chi connectivity index (χ1) is 13.5. The highest BCUT2D eigenvalue weighted by Gasteiger charge is 2.28. The molecule has 0 bridgehead atoms. The van der Waals surface area contributed by atoms with Crippen LogP contribution in [0.2, 0.25) is 0 Å². The molecule has 8 heteroatoms. The van der Waals surface area contributed by atoms with E-state index in [1.165, 1.54) is 0 Å². The van der Waals surface area contributed by atoms with Crippen LogP contribution in [-0.2, 0) is 4.74 Å². The first-order valence-corrected chi connectivity index (χ1v) is 9.74. The van der Waals surface area contributed by atoms with Crippen molar-refractivity contribution in [3.8, 4) is 11.4 Å². The molecule has 3 aromatic rings. The molecular formula is C20H25N5O3. The van der Waals surface area contributed by atoms with Gasteiger partial charge in [0.05, 0.1) is 11.7 Å². The molecule has 8 nitrogen and oxygen atoms in total. The average molecular weight is 383 g/mol. The number of carbonyl (C=O) groups excluding carboxylic acids is 1. The average Bonchev–Trinajstić information content (AvgIpc) is 3.35. The maximum absolute atomic E-state index is 11.4. The van der Waals surface area contributed by atoms with Crippen LogP contribution in [0.3, 0.4) is 0 Å². The summed E-state index contributed by atoms with van der Waals surface area (Å²) in [5.41, 5.74) is 1.98. The van der Waals surface area contributed by atoms with Gasteiger partial charge in [-0.2, -0.15) is 10.1 Å². The molecule has 2 heterocycles. The molecule has 1 amide bonds. The molecule has 0 atom stereocenters. The summed E-state index contributed by atoms with van der Waals surface area (Å²) in [6, 6.07) is 6.37. The second kappa shape index (κ2) is 7.61. The Hall–Kier alpha value is -2.90. The van der Waals surface area contributed by atoms with E-state index in [1.807, 2.05) is 23.0 Å². The van der Waals surface area contributed by atoms with Crippen LogP contribution in [0.4, 0.5) is 4.79 Å². The minimum atomic E-state index is -0.375. The number of nitrogens with zero attached hydrogens (tertiary/aromatic N) is 4. The first kappa shape index (κ1) is 18.5. The Kier molecular flexibility index (Phi) is 5.02. The first-order valence-electron chi connectivity index (χ1n) is 9.74. The molecule has 1 saturated carbocycles. The zero-order valence-corrected chi connectivity index (χ0v) is 16.4. The van der Waals surface area contributed by atoms with Crippen molar-refractivity contribution >= 4 is 17.0 Å². The fourth-order valence-electron chi connectivity index (χ4n) is 3.74. The van der Waals surface area contributed by atoms with E-state index in [2.05, 4.69) is 40.5 Å². The van der Waals surface area contributed by atoms with E-state index in [9.17, 15) is 4.79 Å². The number of rotatable bonds is 4. The number of benzene rings is 1. The summed E-state index contributed by atoms with van der Waals surface area (Å²) < 4.78 is 12.9. The summed E-state index contributed by atoms with van der Waals surface area (Å²) in [6.07, 6.45) is 4.78. The number of hydrogen-bond acceptors (Lipinski definition) is 6. The van der Waals surface area contributed by atoms with Crippen LogP contribution >= 0.6 is 0 Å². The van der Waals surface area contributed by atoms with Crippen LogP contribution in [0, 0.1) is 0 Å². The van der Waals surface area contributed by atoms with Gasteiger partial charge < -0.3 is 14.6 Å². The van der Waals surface area contributed by atoms with Gasteiger partial charge in [0, 0.05) is 30.0 Å². The maximum Gasteiger partial charge on any atom is 0.407 e. The number of fused-ring (bicyclic) bond motifs is 1. The van der Waals surface area contributed by atoms with Crippen molar-refractivity contribution in [3.05, 3.63) is 30.3 Å². The van der Waals surface area contributed by atoms with E-state index in [1.54, 1.807) is 7.05 Å². The zero-order valence-electron chi connectivity index (χ0n) is 16.4. The van der Waals surface area contributed by atoms with Crippen molar-refractivity contribution in [2.24, 2.45) is 0 Å². The van der Waals surface area contributed by atoms with Gasteiger partial charge in [-0.3, -0.25) is 4.68 Å². The Bertz CT molecular complexity index is 969. The van der Waals surface area contributed by atoms with Gasteiger partial charge in [-0.05, 0) is 45.6 Å². The molecule has 1 N–H and O–H groups in total. The van der Waals surface area contributed by atoms with Crippen molar-refractivity contribution < 1.29 is 14.1 Å². The highest BCUT2D eigenvalue weighted by atomic mass is 16.6. The number of aromatic nitrogens is 4. The monoisotopic (exact) mass is 383 g/mol. The molecule has 4 rings (SSSR count). The summed E-state index contributed by atoms with van der Waals surface area (Å²) in [7, 11) is 1.57. The molecular weight excluding hydrogens is 358 g/mol. The number of ether oxygens (including phenoxy) is 1. The lowest BCUT2D eigenvalue weighted by atomic mass is 9.87. The second-order valence-electron chi connectivity index (χ2n) is 7.54. The third-order valence-corrected chi connectivity index (χ3v) is 5.29. The number of carbonyl (C=O) groups is 1. The lowest BCUT2D eigenvalue weighted by Gasteiger charge is -2.25. The highest BCUT2D eigenvalue weighted by molar-refractivity contribution is 5.83. The van der Waals surface area contributed by atoms with Crippen LogP contribution in [0.25, 0.3) is 22.3 Å². The summed E-state index contributed by atoms with van der Waals surface area (Å²) in [4.78, 5) is 16.0. The van der Waals surface area contributed by atoms with Crippen LogP contribution in [0.5, 0.6) is 0 Å². The van der Waals surface area contributed by atoms with E-state index in [-0.39, 0.29) is 24.2 Å². The van der Waals surface area contributed by atoms with Crippen molar-refractivity contribution in [1.29, 1.82) is 0 Å². The Morgan fingerprint density at radius 2 is 2.07 bits per heavy atom. The molecule has 0 aliphatic heterocycles.